The van der Waals surface area contributed by atoms with Crippen LogP contribution >= 0.6 is 0 Å². The van der Waals surface area contributed by atoms with Crippen molar-refractivity contribution in [3.05, 3.63) is 76.3 Å². The first-order valence-electron chi connectivity index (χ1n) is 8.28. The zero-order chi connectivity index (χ0) is 17.8. The normalized spacial score (nSPS) is 13.4. The van der Waals surface area contributed by atoms with Gasteiger partial charge in [-0.05, 0) is 30.5 Å². The number of rotatable bonds is 5. The zero-order valence-electron chi connectivity index (χ0n) is 14.2. The number of nitrogens with one attached hydrogen (secondary N) is 1. The number of hydrogen-bond donors (Lipinski definition) is 1. The van der Waals surface area contributed by atoms with Gasteiger partial charge < -0.3 is 9.72 Å². The summed E-state index contributed by atoms with van der Waals surface area (Å²) in [5.41, 5.74) is 1.44. The molecule has 0 fully saturated rings. The maximum atomic E-state index is 12.2. The van der Waals surface area contributed by atoms with Crippen LogP contribution in [0.15, 0.2) is 59.4 Å². The zero-order valence-corrected chi connectivity index (χ0v) is 14.2. The lowest BCUT2D eigenvalue weighted by Gasteiger charge is -2.15. The number of aromatic amines is 1. The van der Waals surface area contributed by atoms with Crippen molar-refractivity contribution in [1.82, 2.24) is 9.97 Å². The number of hydrogen-bond acceptors (Lipinski definition) is 4. The number of para-hydroxylation sites is 1. The summed E-state index contributed by atoms with van der Waals surface area (Å²) in [4.78, 5) is 31.4. The quantitative estimate of drug-likeness (QED) is 0.721. The Bertz CT molecular complexity index is 934. The van der Waals surface area contributed by atoms with Crippen LogP contribution in [-0.2, 0) is 9.53 Å². The Labute approximate surface area is 145 Å². The van der Waals surface area contributed by atoms with Gasteiger partial charge in [-0.15, -0.1) is 0 Å². The third-order valence-corrected chi connectivity index (χ3v) is 4.17. The van der Waals surface area contributed by atoms with Gasteiger partial charge in [0.05, 0.1) is 17.3 Å². The third-order valence-electron chi connectivity index (χ3n) is 4.17. The molecule has 25 heavy (non-hydrogen) atoms. The minimum absolute atomic E-state index is 0.0597. The predicted octanol–water partition coefficient (Wildman–Crippen LogP) is 3.72. The molecule has 128 valence electrons. The molecule has 2 atom stereocenters. The van der Waals surface area contributed by atoms with E-state index in [2.05, 4.69) is 9.97 Å². The maximum Gasteiger partial charge on any atom is 0.307 e. The molecular weight excluding hydrogens is 316 g/mol. The van der Waals surface area contributed by atoms with Gasteiger partial charge in [0.1, 0.15) is 0 Å². The molecule has 2 aromatic carbocycles. The number of carbonyl (C=O) groups excluding carboxylic acids is 1. The van der Waals surface area contributed by atoms with E-state index < -0.39 is 6.10 Å². The van der Waals surface area contributed by atoms with Gasteiger partial charge in [-0.2, -0.15) is 0 Å². The van der Waals surface area contributed by atoms with Gasteiger partial charge in [-0.3, -0.25) is 9.59 Å². The fraction of sp³-hybridized carbons (Fsp3) is 0.250. The topological polar surface area (TPSA) is 72.0 Å². The predicted molar refractivity (Wildman–Crippen MR) is 96.3 cm³/mol. The van der Waals surface area contributed by atoms with Crippen molar-refractivity contribution >= 4 is 16.9 Å². The second-order valence-electron chi connectivity index (χ2n) is 6.12. The highest BCUT2D eigenvalue weighted by atomic mass is 16.5. The van der Waals surface area contributed by atoms with Crippen LogP contribution in [0.1, 0.15) is 43.7 Å². The lowest BCUT2D eigenvalue weighted by molar-refractivity contribution is -0.149. The molecule has 0 radical (unpaired) electrons. The van der Waals surface area contributed by atoms with Crippen molar-refractivity contribution in [2.24, 2.45) is 0 Å². The van der Waals surface area contributed by atoms with Crippen molar-refractivity contribution in [2.75, 3.05) is 0 Å². The lowest BCUT2D eigenvalue weighted by Crippen LogP contribution is -2.18. The molecule has 3 rings (SSSR count). The van der Waals surface area contributed by atoms with Crippen molar-refractivity contribution in [3.8, 4) is 0 Å². The van der Waals surface area contributed by atoms with Gasteiger partial charge in [0.25, 0.3) is 5.56 Å². The first kappa shape index (κ1) is 16.9. The van der Waals surface area contributed by atoms with E-state index in [0.29, 0.717) is 16.7 Å². The largest absolute Gasteiger partial charge is 0.454 e. The van der Waals surface area contributed by atoms with E-state index in [-0.39, 0.29) is 23.9 Å². The van der Waals surface area contributed by atoms with Gasteiger partial charge in [-0.1, -0.05) is 49.4 Å². The third kappa shape index (κ3) is 3.94. The Morgan fingerprint density at radius 2 is 1.76 bits per heavy atom. The van der Waals surface area contributed by atoms with Crippen molar-refractivity contribution in [1.29, 1.82) is 0 Å². The Morgan fingerprint density at radius 1 is 1.08 bits per heavy atom. The van der Waals surface area contributed by atoms with Gasteiger partial charge in [0.2, 0.25) is 0 Å². The van der Waals surface area contributed by atoms with Crippen LogP contribution in [0.4, 0.5) is 0 Å². The summed E-state index contributed by atoms with van der Waals surface area (Å²) in [5.74, 6) is 0.0913. The SMILES string of the molecule is C[C@H](OC(=O)C[C@H](C)c1ccccc1)c1nc2ccccc2c(=O)[nH]1. The average Bonchev–Trinajstić information content (AvgIpc) is 2.62. The number of nitrogens with zero attached hydrogens (tertiary/aromatic N) is 1. The fourth-order valence-corrected chi connectivity index (χ4v) is 2.75. The van der Waals surface area contributed by atoms with Crippen molar-refractivity contribution < 1.29 is 9.53 Å². The first-order valence-corrected chi connectivity index (χ1v) is 8.28. The van der Waals surface area contributed by atoms with Crippen LogP contribution in [-0.4, -0.2) is 15.9 Å². The summed E-state index contributed by atoms with van der Waals surface area (Å²) in [6.45, 7) is 3.69. The minimum Gasteiger partial charge on any atom is -0.454 e. The molecule has 0 aliphatic rings. The molecule has 0 aliphatic carbocycles. The molecular formula is C20H20N2O3. The smallest absolute Gasteiger partial charge is 0.307 e. The number of H-pyrrole nitrogens is 1. The van der Waals surface area contributed by atoms with E-state index in [1.165, 1.54) is 0 Å². The van der Waals surface area contributed by atoms with Gasteiger partial charge in [0, 0.05) is 0 Å². The summed E-state index contributed by atoms with van der Waals surface area (Å²) in [6, 6.07) is 16.9. The minimum atomic E-state index is -0.618. The van der Waals surface area contributed by atoms with Crippen LogP contribution in [0.3, 0.4) is 0 Å². The Kier molecular flexibility index (Phi) is 4.93. The van der Waals surface area contributed by atoms with Crippen LogP contribution < -0.4 is 5.56 Å². The molecule has 5 nitrogen and oxygen atoms in total. The molecule has 1 aromatic heterocycles. The number of ether oxygens (including phenoxy) is 1. The van der Waals surface area contributed by atoms with Gasteiger partial charge in [0.15, 0.2) is 11.9 Å². The van der Waals surface area contributed by atoms with Gasteiger partial charge >= 0.3 is 5.97 Å². The summed E-state index contributed by atoms with van der Waals surface area (Å²) in [6.07, 6.45) is -0.348. The average molecular weight is 336 g/mol. The van der Waals surface area contributed by atoms with E-state index in [0.717, 1.165) is 5.56 Å². The van der Waals surface area contributed by atoms with E-state index in [1.807, 2.05) is 43.3 Å². The number of esters is 1. The highest BCUT2D eigenvalue weighted by Crippen LogP contribution is 2.21. The van der Waals surface area contributed by atoms with Crippen molar-refractivity contribution in [2.45, 2.75) is 32.3 Å². The molecule has 1 N–H and O–H groups in total. The number of aromatic nitrogens is 2. The lowest BCUT2D eigenvalue weighted by atomic mass is 9.98. The Hall–Kier alpha value is -2.95. The standard InChI is InChI=1S/C20H20N2O3/c1-13(15-8-4-3-5-9-15)12-18(23)25-14(2)19-21-17-11-7-6-10-16(17)20(24)22-19/h3-11,13-14H,12H2,1-2H3,(H,21,22,24)/t13-,14-/m0/s1. The van der Waals surface area contributed by atoms with Crippen LogP contribution in [0.25, 0.3) is 10.9 Å². The van der Waals surface area contributed by atoms with Crippen LogP contribution in [0, 0.1) is 0 Å². The molecule has 3 aromatic rings. The number of carbonyl (C=O) groups is 1. The van der Waals surface area contributed by atoms with E-state index in [9.17, 15) is 9.59 Å². The van der Waals surface area contributed by atoms with E-state index >= 15 is 0 Å². The van der Waals surface area contributed by atoms with E-state index in [1.54, 1.807) is 25.1 Å². The molecule has 1 heterocycles. The first-order chi connectivity index (χ1) is 12.0. The van der Waals surface area contributed by atoms with Crippen LogP contribution in [0.5, 0.6) is 0 Å². The maximum absolute atomic E-state index is 12.2. The molecule has 5 heteroatoms. The number of benzene rings is 2. The fourth-order valence-electron chi connectivity index (χ4n) is 2.75. The van der Waals surface area contributed by atoms with Crippen LogP contribution in [0.2, 0.25) is 0 Å². The molecule has 0 amide bonds. The molecule has 0 aliphatic heterocycles. The Morgan fingerprint density at radius 3 is 2.52 bits per heavy atom. The molecule has 0 saturated heterocycles. The van der Waals surface area contributed by atoms with Crippen molar-refractivity contribution in [3.63, 3.8) is 0 Å². The summed E-state index contributed by atoms with van der Waals surface area (Å²) in [5, 5.41) is 0.516. The van der Waals surface area contributed by atoms with E-state index in [4.69, 9.17) is 4.74 Å². The molecule has 0 bridgehead atoms. The molecule has 0 unspecified atom stereocenters. The Balaban J connectivity index is 1.70. The monoisotopic (exact) mass is 336 g/mol. The summed E-state index contributed by atoms with van der Waals surface area (Å²) in [7, 11) is 0. The summed E-state index contributed by atoms with van der Waals surface area (Å²) >= 11 is 0. The molecule has 0 spiro atoms. The highest BCUT2D eigenvalue weighted by Gasteiger charge is 2.18. The molecule has 0 saturated carbocycles. The van der Waals surface area contributed by atoms with Gasteiger partial charge in [-0.25, -0.2) is 4.98 Å². The summed E-state index contributed by atoms with van der Waals surface area (Å²) < 4.78 is 5.46. The highest BCUT2D eigenvalue weighted by molar-refractivity contribution is 5.77. The second-order valence-corrected chi connectivity index (χ2v) is 6.12. The second kappa shape index (κ2) is 7.30. The number of fused-ring (bicyclic) bond motifs is 1.